The van der Waals surface area contributed by atoms with Crippen molar-refractivity contribution in [2.24, 2.45) is 5.92 Å². The molecule has 4 heteroatoms. The van der Waals surface area contributed by atoms with Gasteiger partial charge in [0.25, 0.3) is 0 Å². The molecular weight excluding hydrogens is 200 g/mol. The van der Waals surface area contributed by atoms with Gasteiger partial charge in [-0.05, 0) is 25.3 Å². The maximum atomic E-state index is 4.37. The molecule has 2 rings (SSSR count). The van der Waals surface area contributed by atoms with Crippen LogP contribution in [0.1, 0.15) is 32.6 Å². The zero-order valence-corrected chi connectivity index (χ0v) is 9.87. The van der Waals surface area contributed by atoms with E-state index in [1.807, 2.05) is 13.0 Å². The highest BCUT2D eigenvalue weighted by Gasteiger charge is 2.16. The van der Waals surface area contributed by atoms with Gasteiger partial charge in [0.15, 0.2) is 0 Å². The van der Waals surface area contributed by atoms with Gasteiger partial charge in [0.1, 0.15) is 5.82 Å². The molecule has 1 aromatic heterocycles. The summed E-state index contributed by atoms with van der Waals surface area (Å²) in [7, 11) is 0. The van der Waals surface area contributed by atoms with Crippen LogP contribution in [0.3, 0.4) is 0 Å². The Bertz CT molecular complexity index is 323. The van der Waals surface area contributed by atoms with Crippen LogP contribution in [0.2, 0.25) is 0 Å². The van der Waals surface area contributed by atoms with E-state index in [-0.39, 0.29) is 0 Å². The lowest BCUT2D eigenvalue weighted by atomic mass is 9.83. The molecule has 1 aliphatic rings. The number of rotatable bonds is 6. The molecule has 0 amide bonds. The van der Waals surface area contributed by atoms with Crippen LogP contribution < -0.4 is 10.6 Å². The number of hydrogen-bond donors (Lipinski definition) is 2. The molecule has 0 radical (unpaired) electrons. The standard InChI is InChI=1S/C12H20N4/c1-2-13-12-15-9-7-11(16-12)14-8-6-10-4-3-5-10/h7,9-10H,2-6,8H2,1H3,(H2,13,14,15,16). The van der Waals surface area contributed by atoms with E-state index in [0.717, 1.165) is 24.8 Å². The largest absolute Gasteiger partial charge is 0.370 e. The topological polar surface area (TPSA) is 49.8 Å². The Labute approximate surface area is 96.9 Å². The van der Waals surface area contributed by atoms with Gasteiger partial charge in [-0.1, -0.05) is 19.3 Å². The molecule has 88 valence electrons. The molecule has 2 N–H and O–H groups in total. The number of aromatic nitrogens is 2. The van der Waals surface area contributed by atoms with Gasteiger partial charge in [0, 0.05) is 19.3 Å². The molecule has 0 saturated heterocycles. The number of anilines is 2. The molecular formula is C12H20N4. The van der Waals surface area contributed by atoms with E-state index in [1.165, 1.54) is 25.7 Å². The minimum atomic E-state index is 0.705. The summed E-state index contributed by atoms with van der Waals surface area (Å²) < 4.78 is 0. The summed E-state index contributed by atoms with van der Waals surface area (Å²) in [5, 5.41) is 6.46. The van der Waals surface area contributed by atoms with E-state index in [9.17, 15) is 0 Å². The molecule has 0 atom stereocenters. The predicted octanol–water partition coefficient (Wildman–Crippen LogP) is 2.51. The maximum Gasteiger partial charge on any atom is 0.224 e. The minimum absolute atomic E-state index is 0.705. The van der Waals surface area contributed by atoms with Crippen LogP contribution in [0, 0.1) is 5.92 Å². The van der Waals surface area contributed by atoms with Crippen molar-refractivity contribution >= 4 is 11.8 Å². The van der Waals surface area contributed by atoms with Gasteiger partial charge in [-0.15, -0.1) is 0 Å². The molecule has 0 bridgehead atoms. The molecule has 1 aromatic rings. The number of nitrogens with one attached hydrogen (secondary N) is 2. The lowest BCUT2D eigenvalue weighted by Crippen LogP contribution is -2.16. The molecule has 1 heterocycles. The van der Waals surface area contributed by atoms with Crippen molar-refractivity contribution in [1.29, 1.82) is 0 Å². The van der Waals surface area contributed by atoms with Crippen LogP contribution in [-0.2, 0) is 0 Å². The second kappa shape index (κ2) is 5.68. The molecule has 0 unspecified atom stereocenters. The van der Waals surface area contributed by atoms with Crippen molar-refractivity contribution in [3.05, 3.63) is 12.3 Å². The Morgan fingerprint density at radius 2 is 2.25 bits per heavy atom. The molecule has 0 aromatic carbocycles. The highest BCUT2D eigenvalue weighted by Crippen LogP contribution is 2.29. The van der Waals surface area contributed by atoms with Crippen LogP contribution >= 0.6 is 0 Å². The summed E-state index contributed by atoms with van der Waals surface area (Å²) in [5.74, 6) is 2.57. The lowest BCUT2D eigenvalue weighted by Gasteiger charge is -2.25. The molecule has 16 heavy (non-hydrogen) atoms. The Morgan fingerprint density at radius 1 is 1.38 bits per heavy atom. The van der Waals surface area contributed by atoms with Crippen LogP contribution in [0.4, 0.5) is 11.8 Å². The Hall–Kier alpha value is -1.32. The van der Waals surface area contributed by atoms with Gasteiger partial charge in [0.05, 0.1) is 0 Å². The van der Waals surface area contributed by atoms with E-state index >= 15 is 0 Å². The fourth-order valence-corrected chi connectivity index (χ4v) is 1.89. The molecule has 1 saturated carbocycles. The van der Waals surface area contributed by atoms with Gasteiger partial charge >= 0.3 is 0 Å². The maximum absolute atomic E-state index is 4.37. The summed E-state index contributed by atoms with van der Waals surface area (Å²) in [5.41, 5.74) is 0. The second-order valence-electron chi connectivity index (χ2n) is 4.31. The summed E-state index contributed by atoms with van der Waals surface area (Å²) >= 11 is 0. The Balaban J connectivity index is 1.76. The smallest absolute Gasteiger partial charge is 0.224 e. The first-order valence-corrected chi connectivity index (χ1v) is 6.19. The van der Waals surface area contributed by atoms with Crippen molar-refractivity contribution < 1.29 is 0 Å². The summed E-state index contributed by atoms with van der Waals surface area (Å²) in [4.78, 5) is 8.51. The fourth-order valence-electron chi connectivity index (χ4n) is 1.89. The molecule has 4 nitrogen and oxygen atoms in total. The zero-order valence-electron chi connectivity index (χ0n) is 9.87. The van der Waals surface area contributed by atoms with Crippen LogP contribution in [0.25, 0.3) is 0 Å². The monoisotopic (exact) mass is 220 g/mol. The molecule has 1 aliphatic carbocycles. The third-order valence-corrected chi connectivity index (χ3v) is 3.07. The van der Waals surface area contributed by atoms with Gasteiger partial charge in [0.2, 0.25) is 5.95 Å². The van der Waals surface area contributed by atoms with E-state index in [1.54, 1.807) is 6.20 Å². The molecule has 0 spiro atoms. The second-order valence-corrected chi connectivity index (χ2v) is 4.31. The minimum Gasteiger partial charge on any atom is -0.370 e. The SMILES string of the molecule is CCNc1nccc(NCCC2CCC2)n1. The highest BCUT2D eigenvalue weighted by molar-refractivity contribution is 5.39. The van der Waals surface area contributed by atoms with E-state index < -0.39 is 0 Å². The quantitative estimate of drug-likeness (QED) is 0.773. The van der Waals surface area contributed by atoms with Crippen molar-refractivity contribution in [1.82, 2.24) is 9.97 Å². The number of hydrogen-bond acceptors (Lipinski definition) is 4. The zero-order chi connectivity index (χ0) is 11.2. The van der Waals surface area contributed by atoms with Crippen LogP contribution in [0.5, 0.6) is 0 Å². The lowest BCUT2D eigenvalue weighted by molar-refractivity contribution is 0.303. The van der Waals surface area contributed by atoms with E-state index in [4.69, 9.17) is 0 Å². The van der Waals surface area contributed by atoms with Crippen LogP contribution in [0.15, 0.2) is 12.3 Å². The normalized spacial score (nSPS) is 15.6. The van der Waals surface area contributed by atoms with Gasteiger partial charge in [-0.25, -0.2) is 4.98 Å². The molecule has 1 fully saturated rings. The highest BCUT2D eigenvalue weighted by atomic mass is 15.1. The van der Waals surface area contributed by atoms with Gasteiger partial charge < -0.3 is 10.6 Å². The van der Waals surface area contributed by atoms with Crippen molar-refractivity contribution in [2.45, 2.75) is 32.6 Å². The fraction of sp³-hybridized carbons (Fsp3) is 0.667. The predicted molar refractivity (Wildman–Crippen MR) is 66.6 cm³/mol. The van der Waals surface area contributed by atoms with Crippen molar-refractivity contribution in [3.63, 3.8) is 0 Å². The van der Waals surface area contributed by atoms with Crippen LogP contribution in [-0.4, -0.2) is 23.1 Å². The average Bonchev–Trinajstić information content (AvgIpc) is 2.23. The summed E-state index contributed by atoms with van der Waals surface area (Å²) in [6.07, 6.45) is 7.29. The third-order valence-electron chi connectivity index (χ3n) is 3.07. The summed E-state index contributed by atoms with van der Waals surface area (Å²) in [6.45, 7) is 3.92. The van der Waals surface area contributed by atoms with E-state index in [0.29, 0.717) is 5.95 Å². The van der Waals surface area contributed by atoms with E-state index in [2.05, 4.69) is 20.6 Å². The summed E-state index contributed by atoms with van der Waals surface area (Å²) in [6, 6.07) is 1.92. The van der Waals surface area contributed by atoms with Crippen molar-refractivity contribution in [3.8, 4) is 0 Å². The first-order valence-electron chi connectivity index (χ1n) is 6.19. The van der Waals surface area contributed by atoms with Gasteiger partial charge in [-0.3, -0.25) is 0 Å². The number of nitrogens with zero attached hydrogens (tertiary/aromatic N) is 2. The Morgan fingerprint density at radius 3 is 2.94 bits per heavy atom. The average molecular weight is 220 g/mol. The third kappa shape index (κ3) is 3.08. The Kier molecular flexibility index (Phi) is 3.97. The first-order chi connectivity index (χ1) is 7.88. The first kappa shape index (κ1) is 11.2. The van der Waals surface area contributed by atoms with Crippen molar-refractivity contribution in [2.75, 3.05) is 23.7 Å². The molecule has 0 aliphatic heterocycles. The van der Waals surface area contributed by atoms with Gasteiger partial charge in [-0.2, -0.15) is 4.98 Å².